The lowest BCUT2D eigenvalue weighted by Crippen LogP contribution is -1.85. The number of fused-ring (bicyclic) bond motifs is 1. The van der Waals surface area contributed by atoms with Crippen LogP contribution >= 0.6 is 0 Å². The van der Waals surface area contributed by atoms with E-state index >= 15 is 0 Å². The zero-order valence-corrected chi connectivity index (χ0v) is 6.99. The van der Waals surface area contributed by atoms with Crippen LogP contribution in [-0.4, -0.2) is 0 Å². The van der Waals surface area contributed by atoms with Gasteiger partial charge in [-0.05, 0) is 16.8 Å². The monoisotopic (exact) mass is 168 g/mol. The topological polar surface area (TPSA) is 30.4 Å². The van der Waals surface area contributed by atoms with E-state index in [9.17, 15) is 0 Å². The van der Waals surface area contributed by atoms with Crippen molar-refractivity contribution in [1.82, 2.24) is 0 Å². The fourth-order valence-corrected chi connectivity index (χ4v) is 1.40. The first kappa shape index (κ1) is 7.63. The number of nitrogens with zero attached hydrogens (tertiary/aromatic N) is 1. The van der Waals surface area contributed by atoms with E-state index in [2.05, 4.69) is 4.85 Å². The highest BCUT2D eigenvalue weighted by atomic mass is 14.7. The zero-order chi connectivity index (χ0) is 9.26. The summed E-state index contributed by atoms with van der Waals surface area (Å²) in [6.45, 7) is 6.98. The minimum absolute atomic E-state index is 0.657. The largest absolute Gasteiger partial charge is 0.398 e. The summed E-state index contributed by atoms with van der Waals surface area (Å²) in [5.41, 5.74) is 7.16. The molecule has 2 aromatic rings. The lowest BCUT2D eigenvalue weighted by Gasteiger charge is -2.02. The predicted octanol–water partition coefficient (Wildman–Crippen LogP) is 2.97. The summed E-state index contributed by atoms with van der Waals surface area (Å²) in [6.07, 6.45) is 0. The van der Waals surface area contributed by atoms with Crippen molar-refractivity contribution in [2.24, 2.45) is 0 Å². The van der Waals surface area contributed by atoms with E-state index in [1.165, 1.54) is 0 Å². The van der Waals surface area contributed by atoms with E-state index in [0.29, 0.717) is 5.69 Å². The van der Waals surface area contributed by atoms with Crippen LogP contribution in [0.1, 0.15) is 0 Å². The van der Waals surface area contributed by atoms with Gasteiger partial charge in [-0.3, -0.25) is 0 Å². The first-order valence-electron chi connectivity index (χ1n) is 3.97. The number of hydrogen-bond donors (Lipinski definition) is 1. The van der Waals surface area contributed by atoms with Crippen LogP contribution < -0.4 is 5.73 Å². The maximum absolute atomic E-state index is 6.98. The smallest absolute Gasteiger partial charge is 0.195 e. The maximum Gasteiger partial charge on any atom is 0.195 e. The SMILES string of the molecule is [C-]#[N+]c1ccc(N)c2ccccc12. The van der Waals surface area contributed by atoms with Gasteiger partial charge in [-0.25, -0.2) is 4.85 Å². The summed E-state index contributed by atoms with van der Waals surface area (Å²) in [4.78, 5) is 3.43. The molecule has 2 heteroatoms. The van der Waals surface area contributed by atoms with Crippen LogP contribution in [0.25, 0.3) is 15.6 Å². The van der Waals surface area contributed by atoms with Crippen molar-refractivity contribution in [3.8, 4) is 0 Å². The molecule has 2 rings (SSSR count). The number of nitrogens with two attached hydrogens (primary N) is 1. The van der Waals surface area contributed by atoms with E-state index in [0.717, 1.165) is 16.5 Å². The van der Waals surface area contributed by atoms with Crippen molar-refractivity contribution >= 4 is 22.1 Å². The van der Waals surface area contributed by atoms with Gasteiger partial charge in [0.1, 0.15) is 0 Å². The third kappa shape index (κ3) is 1.11. The van der Waals surface area contributed by atoms with Crippen LogP contribution in [0.5, 0.6) is 0 Å². The second-order valence-corrected chi connectivity index (χ2v) is 2.83. The van der Waals surface area contributed by atoms with Crippen LogP contribution in [0.15, 0.2) is 36.4 Å². The van der Waals surface area contributed by atoms with Gasteiger partial charge >= 0.3 is 0 Å². The van der Waals surface area contributed by atoms with Crippen molar-refractivity contribution in [3.63, 3.8) is 0 Å². The normalized spacial score (nSPS) is 9.77. The van der Waals surface area contributed by atoms with Crippen LogP contribution in [0.4, 0.5) is 11.4 Å². The highest BCUT2D eigenvalue weighted by Gasteiger charge is 2.01. The molecule has 0 aliphatic carbocycles. The third-order valence-electron chi connectivity index (χ3n) is 2.06. The van der Waals surface area contributed by atoms with Crippen molar-refractivity contribution in [2.45, 2.75) is 0 Å². The van der Waals surface area contributed by atoms with Gasteiger partial charge in [-0.1, -0.05) is 30.3 Å². The van der Waals surface area contributed by atoms with Gasteiger partial charge in [0.05, 0.1) is 6.57 Å². The average Bonchev–Trinajstić information content (AvgIpc) is 2.19. The summed E-state index contributed by atoms with van der Waals surface area (Å²) >= 11 is 0. The molecule has 0 spiro atoms. The molecule has 0 heterocycles. The van der Waals surface area contributed by atoms with Gasteiger partial charge in [0, 0.05) is 5.69 Å². The molecule has 0 saturated heterocycles. The molecule has 0 aliphatic heterocycles. The van der Waals surface area contributed by atoms with Crippen LogP contribution in [0.2, 0.25) is 0 Å². The lowest BCUT2D eigenvalue weighted by molar-refractivity contribution is 1.73. The Kier molecular flexibility index (Phi) is 1.64. The highest BCUT2D eigenvalue weighted by molar-refractivity contribution is 6.01. The molecule has 62 valence electrons. The summed E-state index contributed by atoms with van der Waals surface area (Å²) in [5, 5.41) is 1.88. The molecular formula is C11H8N2. The molecule has 0 unspecified atom stereocenters. The van der Waals surface area contributed by atoms with E-state index < -0.39 is 0 Å². The van der Waals surface area contributed by atoms with Crippen molar-refractivity contribution in [2.75, 3.05) is 5.73 Å². The van der Waals surface area contributed by atoms with Crippen LogP contribution in [0, 0.1) is 6.57 Å². The zero-order valence-electron chi connectivity index (χ0n) is 6.99. The van der Waals surface area contributed by atoms with Gasteiger partial charge in [0.25, 0.3) is 0 Å². The second-order valence-electron chi connectivity index (χ2n) is 2.83. The summed E-state index contributed by atoms with van der Waals surface area (Å²) in [6, 6.07) is 11.2. The molecule has 0 bridgehead atoms. The maximum atomic E-state index is 6.98. The standard InChI is InChI=1S/C11H8N2/c1-13-11-7-6-10(12)8-4-2-3-5-9(8)11/h2-7H,12H2. The fraction of sp³-hybridized carbons (Fsp3) is 0. The number of anilines is 1. The third-order valence-corrected chi connectivity index (χ3v) is 2.06. The molecule has 0 atom stereocenters. The number of nitrogen functional groups attached to an aromatic ring is 1. The van der Waals surface area contributed by atoms with Crippen molar-refractivity contribution in [1.29, 1.82) is 0 Å². The Bertz CT molecular complexity index is 495. The molecule has 2 nitrogen and oxygen atoms in total. The minimum Gasteiger partial charge on any atom is -0.398 e. The highest BCUT2D eigenvalue weighted by Crippen LogP contribution is 2.29. The second kappa shape index (κ2) is 2.80. The van der Waals surface area contributed by atoms with E-state index in [1.54, 1.807) is 12.1 Å². The van der Waals surface area contributed by atoms with Gasteiger partial charge < -0.3 is 5.73 Å². The summed E-state index contributed by atoms with van der Waals surface area (Å²) < 4.78 is 0. The van der Waals surface area contributed by atoms with E-state index in [1.807, 2.05) is 24.3 Å². The Morgan fingerprint density at radius 1 is 1.00 bits per heavy atom. The minimum atomic E-state index is 0.657. The Hall–Kier alpha value is -2.01. The van der Waals surface area contributed by atoms with Crippen molar-refractivity contribution in [3.05, 3.63) is 47.8 Å². The fourth-order valence-electron chi connectivity index (χ4n) is 1.40. The lowest BCUT2D eigenvalue weighted by atomic mass is 10.1. The molecule has 0 fully saturated rings. The average molecular weight is 168 g/mol. The number of benzene rings is 2. The Balaban J connectivity index is 2.95. The van der Waals surface area contributed by atoms with Crippen LogP contribution in [-0.2, 0) is 0 Å². The summed E-state index contributed by atoms with van der Waals surface area (Å²) in [5.74, 6) is 0. The quantitative estimate of drug-likeness (QED) is 0.475. The van der Waals surface area contributed by atoms with E-state index in [4.69, 9.17) is 12.3 Å². The Morgan fingerprint density at radius 2 is 1.69 bits per heavy atom. The Morgan fingerprint density at radius 3 is 2.38 bits per heavy atom. The number of hydrogen-bond acceptors (Lipinski definition) is 1. The molecule has 0 aromatic heterocycles. The molecular weight excluding hydrogens is 160 g/mol. The predicted molar refractivity (Wildman–Crippen MR) is 54.6 cm³/mol. The van der Waals surface area contributed by atoms with Crippen LogP contribution in [0.3, 0.4) is 0 Å². The van der Waals surface area contributed by atoms with E-state index in [-0.39, 0.29) is 0 Å². The van der Waals surface area contributed by atoms with Crippen molar-refractivity contribution < 1.29 is 0 Å². The molecule has 0 radical (unpaired) electrons. The first-order valence-corrected chi connectivity index (χ1v) is 3.97. The van der Waals surface area contributed by atoms with Gasteiger partial charge in [0.15, 0.2) is 5.69 Å². The molecule has 0 aliphatic rings. The van der Waals surface area contributed by atoms with Gasteiger partial charge in [0.2, 0.25) is 0 Å². The summed E-state index contributed by atoms with van der Waals surface area (Å²) in [7, 11) is 0. The molecule has 2 aromatic carbocycles. The first-order chi connectivity index (χ1) is 6.33. The number of rotatable bonds is 0. The molecule has 2 N–H and O–H groups in total. The molecule has 13 heavy (non-hydrogen) atoms. The molecule has 0 amide bonds. The Labute approximate surface area is 76.4 Å². The van der Waals surface area contributed by atoms with Gasteiger partial charge in [-0.15, -0.1) is 0 Å². The molecule has 0 saturated carbocycles. The van der Waals surface area contributed by atoms with Gasteiger partial charge in [-0.2, -0.15) is 0 Å².